The molecule has 1 spiro atoms. The third-order valence-corrected chi connectivity index (χ3v) is 7.28. The molecule has 3 aliphatic rings. The topological polar surface area (TPSA) is 89.9 Å². The van der Waals surface area contributed by atoms with Gasteiger partial charge >= 0.3 is 5.97 Å². The zero-order valence-electron chi connectivity index (χ0n) is 18.1. The molecule has 1 aliphatic carbocycles. The number of nitrogens with one attached hydrogen (secondary N) is 1. The fraction of sp³-hybridized carbons (Fsp3) is 0.625. The van der Waals surface area contributed by atoms with Gasteiger partial charge in [0.25, 0.3) is 0 Å². The first-order valence-corrected chi connectivity index (χ1v) is 11.6. The number of likely N-dealkylation sites (tertiary alicyclic amines) is 1. The van der Waals surface area contributed by atoms with Gasteiger partial charge in [-0.3, -0.25) is 19.7 Å². The minimum atomic E-state index is -1.01. The van der Waals surface area contributed by atoms with E-state index in [0.29, 0.717) is 44.7 Å². The van der Waals surface area contributed by atoms with Crippen LogP contribution in [0.1, 0.15) is 56.9 Å². The maximum atomic E-state index is 13.1. The number of benzene rings is 1. The number of carboxylic acids is 1. The molecule has 4 rings (SSSR count). The predicted molar refractivity (Wildman–Crippen MR) is 116 cm³/mol. The van der Waals surface area contributed by atoms with Crippen LogP contribution in [0.2, 0.25) is 0 Å². The highest BCUT2D eigenvalue weighted by molar-refractivity contribution is 5.88. The Labute approximate surface area is 183 Å². The number of aliphatic carboxylic acids is 1. The van der Waals surface area contributed by atoms with Crippen LogP contribution in [0.3, 0.4) is 0 Å². The van der Waals surface area contributed by atoms with Gasteiger partial charge in [0.15, 0.2) is 0 Å². The van der Waals surface area contributed by atoms with Gasteiger partial charge in [0.05, 0.1) is 11.7 Å². The van der Waals surface area contributed by atoms with Gasteiger partial charge in [-0.05, 0) is 24.3 Å². The van der Waals surface area contributed by atoms with E-state index in [0.717, 1.165) is 12.0 Å². The number of nitrogens with zero attached hydrogens (tertiary/aromatic N) is 2. The number of carbonyl (C=O) groups is 3. The fourth-order valence-electron chi connectivity index (χ4n) is 5.54. The Hall–Kier alpha value is -2.41. The third-order valence-electron chi connectivity index (χ3n) is 7.28. The van der Waals surface area contributed by atoms with E-state index in [-0.39, 0.29) is 18.4 Å². The maximum absolute atomic E-state index is 13.1. The smallest absolute Gasteiger partial charge is 0.323 e. The Balaban J connectivity index is 1.39. The van der Waals surface area contributed by atoms with Gasteiger partial charge in [-0.25, -0.2) is 0 Å². The summed E-state index contributed by atoms with van der Waals surface area (Å²) in [6, 6.07) is 9.33. The van der Waals surface area contributed by atoms with Crippen LogP contribution in [0.25, 0.3) is 0 Å². The lowest BCUT2D eigenvalue weighted by molar-refractivity contribution is -0.148. The van der Waals surface area contributed by atoms with E-state index in [9.17, 15) is 19.5 Å². The molecule has 2 heterocycles. The Kier molecular flexibility index (Phi) is 6.60. The molecule has 7 nitrogen and oxygen atoms in total. The average molecular weight is 428 g/mol. The number of amides is 2. The summed E-state index contributed by atoms with van der Waals surface area (Å²) in [5, 5.41) is 12.9. The van der Waals surface area contributed by atoms with Crippen molar-refractivity contribution in [2.45, 2.75) is 69.5 Å². The van der Waals surface area contributed by atoms with Gasteiger partial charge in [0, 0.05) is 32.4 Å². The molecule has 7 heteroatoms. The normalized spacial score (nSPS) is 23.6. The van der Waals surface area contributed by atoms with Crippen molar-refractivity contribution in [3.05, 3.63) is 35.9 Å². The molecule has 2 saturated heterocycles. The molecule has 0 aromatic heterocycles. The number of rotatable bonds is 7. The van der Waals surface area contributed by atoms with Crippen LogP contribution in [0, 0.1) is 5.92 Å². The van der Waals surface area contributed by atoms with Crippen LogP contribution in [-0.4, -0.2) is 64.0 Å². The van der Waals surface area contributed by atoms with Crippen molar-refractivity contribution in [1.82, 2.24) is 15.1 Å². The van der Waals surface area contributed by atoms with E-state index in [1.165, 1.54) is 30.6 Å². The summed E-state index contributed by atoms with van der Waals surface area (Å²) in [6.45, 7) is 0.794. The molecule has 1 aromatic rings. The molecule has 2 amide bonds. The monoisotopic (exact) mass is 427 g/mol. The van der Waals surface area contributed by atoms with E-state index >= 15 is 0 Å². The van der Waals surface area contributed by atoms with E-state index < -0.39 is 17.7 Å². The number of piperidine rings is 1. The van der Waals surface area contributed by atoms with E-state index in [2.05, 4.69) is 5.32 Å². The van der Waals surface area contributed by atoms with Gasteiger partial charge in [-0.2, -0.15) is 0 Å². The highest BCUT2D eigenvalue weighted by Gasteiger charge is 2.52. The zero-order chi connectivity index (χ0) is 21.8. The Bertz CT molecular complexity index is 798. The van der Waals surface area contributed by atoms with Gasteiger partial charge in [0.1, 0.15) is 6.54 Å². The van der Waals surface area contributed by atoms with Gasteiger partial charge < -0.3 is 14.9 Å². The van der Waals surface area contributed by atoms with Gasteiger partial charge in [-0.15, -0.1) is 0 Å². The SMILES string of the molecule is O=C(O)CN1C(=O)C(Cc2ccccc2)NC12CCN(C(=O)CCC1CCCC1)CC2. The Morgan fingerprint density at radius 2 is 1.77 bits per heavy atom. The molecule has 1 atom stereocenters. The minimum absolute atomic E-state index is 0.160. The second kappa shape index (κ2) is 9.39. The fourth-order valence-corrected chi connectivity index (χ4v) is 5.54. The lowest BCUT2D eigenvalue weighted by atomic mass is 9.94. The van der Waals surface area contributed by atoms with Crippen molar-refractivity contribution in [2.75, 3.05) is 19.6 Å². The first-order chi connectivity index (χ1) is 15.0. The van der Waals surface area contributed by atoms with Crippen molar-refractivity contribution < 1.29 is 19.5 Å². The molecule has 3 fully saturated rings. The maximum Gasteiger partial charge on any atom is 0.323 e. The summed E-state index contributed by atoms with van der Waals surface area (Å²) < 4.78 is 0. The van der Waals surface area contributed by atoms with E-state index in [1.807, 2.05) is 35.2 Å². The van der Waals surface area contributed by atoms with Crippen LogP contribution in [0.4, 0.5) is 0 Å². The number of hydrogen-bond acceptors (Lipinski definition) is 4. The van der Waals surface area contributed by atoms with Crippen LogP contribution in [0.5, 0.6) is 0 Å². The molecule has 1 unspecified atom stereocenters. The molecule has 168 valence electrons. The minimum Gasteiger partial charge on any atom is -0.480 e. The first kappa shape index (κ1) is 21.8. The summed E-state index contributed by atoms with van der Waals surface area (Å²) in [4.78, 5) is 40.7. The quantitative estimate of drug-likeness (QED) is 0.697. The molecule has 0 bridgehead atoms. The molecule has 0 radical (unpaired) electrons. The van der Waals surface area contributed by atoms with Gasteiger partial charge in [0.2, 0.25) is 11.8 Å². The Morgan fingerprint density at radius 1 is 1.10 bits per heavy atom. The average Bonchev–Trinajstić information content (AvgIpc) is 3.37. The number of carboxylic acid groups (broad SMARTS) is 1. The van der Waals surface area contributed by atoms with Crippen LogP contribution < -0.4 is 5.32 Å². The van der Waals surface area contributed by atoms with Crippen molar-refractivity contribution in [3.63, 3.8) is 0 Å². The summed E-state index contributed by atoms with van der Waals surface area (Å²) in [6.07, 6.45) is 8.29. The molecule has 31 heavy (non-hydrogen) atoms. The highest BCUT2D eigenvalue weighted by atomic mass is 16.4. The highest BCUT2D eigenvalue weighted by Crippen LogP contribution is 2.34. The molecule has 2 aliphatic heterocycles. The summed E-state index contributed by atoms with van der Waals surface area (Å²) in [5.41, 5.74) is 0.358. The molecular formula is C24H33N3O4. The van der Waals surface area contributed by atoms with Crippen LogP contribution in [-0.2, 0) is 20.8 Å². The Morgan fingerprint density at radius 3 is 2.42 bits per heavy atom. The summed E-state index contributed by atoms with van der Waals surface area (Å²) >= 11 is 0. The van der Waals surface area contributed by atoms with Crippen molar-refractivity contribution in [3.8, 4) is 0 Å². The van der Waals surface area contributed by atoms with Crippen molar-refractivity contribution in [1.29, 1.82) is 0 Å². The van der Waals surface area contributed by atoms with Crippen molar-refractivity contribution >= 4 is 17.8 Å². The number of hydrogen-bond donors (Lipinski definition) is 2. The second-order valence-electron chi connectivity index (χ2n) is 9.31. The second-order valence-corrected chi connectivity index (χ2v) is 9.31. The first-order valence-electron chi connectivity index (χ1n) is 11.6. The standard InChI is InChI=1S/C24H33N3O4/c28-21(11-10-18-6-4-5-7-18)26-14-12-24(13-15-26)25-20(16-19-8-2-1-3-9-19)23(31)27(24)17-22(29)30/h1-3,8-9,18,20,25H,4-7,10-17H2,(H,29,30). The largest absolute Gasteiger partial charge is 0.480 e. The third kappa shape index (κ3) is 4.92. The van der Waals surface area contributed by atoms with Gasteiger partial charge in [-0.1, -0.05) is 56.0 Å². The van der Waals surface area contributed by atoms with Crippen molar-refractivity contribution in [2.24, 2.45) is 5.92 Å². The van der Waals surface area contributed by atoms with Crippen LogP contribution in [0.15, 0.2) is 30.3 Å². The lowest BCUT2D eigenvalue weighted by Gasteiger charge is -2.44. The molecule has 1 aromatic carbocycles. The molecule has 1 saturated carbocycles. The molecule has 2 N–H and O–H groups in total. The zero-order valence-corrected chi connectivity index (χ0v) is 18.1. The summed E-state index contributed by atoms with van der Waals surface area (Å²) in [7, 11) is 0. The lowest BCUT2D eigenvalue weighted by Crippen LogP contribution is -2.60. The van der Waals surface area contributed by atoms with Crippen LogP contribution >= 0.6 is 0 Å². The predicted octanol–water partition coefficient (Wildman–Crippen LogP) is 2.40. The molecular weight excluding hydrogens is 394 g/mol. The summed E-state index contributed by atoms with van der Waals surface area (Å²) in [5.74, 6) is -0.284. The van der Waals surface area contributed by atoms with E-state index in [1.54, 1.807) is 0 Å². The van der Waals surface area contributed by atoms with E-state index in [4.69, 9.17) is 0 Å². The number of carbonyl (C=O) groups excluding carboxylic acids is 2.